The van der Waals surface area contributed by atoms with Crippen molar-refractivity contribution in [3.05, 3.63) is 95.8 Å². The van der Waals surface area contributed by atoms with Gasteiger partial charge in [0.25, 0.3) is 5.91 Å². The summed E-state index contributed by atoms with van der Waals surface area (Å²) in [6, 6.07) is 25.4. The molecule has 0 atom stereocenters. The molecule has 0 radical (unpaired) electrons. The molecule has 0 aromatic heterocycles. The highest BCUT2D eigenvalue weighted by molar-refractivity contribution is 6.09. The Bertz CT molecular complexity index is 2150. The Balaban J connectivity index is 0.000000494. The summed E-state index contributed by atoms with van der Waals surface area (Å²) in [6.07, 6.45) is -6.39. The number of para-hydroxylation sites is 2. The molecule has 3 aromatic rings. The highest BCUT2D eigenvalue weighted by atomic mass is 19.4. The molecule has 0 unspecified atom stereocenters. The van der Waals surface area contributed by atoms with Gasteiger partial charge in [-0.15, -0.1) is 0 Å². The fourth-order valence-corrected chi connectivity index (χ4v) is 4.98. The fraction of sp³-hybridized carbons (Fsp3) is 0.216. The predicted molar refractivity (Wildman–Crippen MR) is 191 cm³/mol. The number of benzene rings is 4. The van der Waals surface area contributed by atoms with Gasteiger partial charge in [0.1, 0.15) is 11.3 Å². The van der Waals surface area contributed by atoms with Crippen molar-refractivity contribution in [3.8, 4) is 22.5 Å². The summed E-state index contributed by atoms with van der Waals surface area (Å²) in [4.78, 5) is 43.3. The van der Waals surface area contributed by atoms with E-state index in [0.717, 1.165) is 47.8 Å². The average Bonchev–Trinajstić information content (AvgIpc) is 3.10. The second kappa shape index (κ2) is 18.9. The topological polar surface area (TPSA) is 222 Å². The monoisotopic (exact) mass is 775 g/mol. The third-order valence-electron chi connectivity index (χ3n) is 7.52. The van der Waals surface area contributed by atoms with Crippen LogP contribution < -0.4 is 27.5 Å². The first kappa shape index (κ1) is 42.8. The van der Waals surface area contributed by atoms with Crippen molar-refractivity contribution >= 4 is 51.8 Å². The first-order valence-corrected chi connectivity index (χ1v) is 16.2. The van der Waals surface area contributed by atoms with E-state index in [9.17, 15) is 35.9 Å². The molecule has 5 rings (SSSR count). The Kier molecular flexibility index (Phi) is 14.8. The number of nitrogen functional groups attached to an aromatic ring is 2. The zero-order valence-electron chi connectivity index (χ0n) is 28.7. The van der Waals surface area contributed by atoms with Crippen LogP contribution in [0.2, 0.25) is 0 Å². The number of halogens is 6. The molecule has 55 heavy (non-hydrogen) atoms. The predicted octanol–water partition coefficient (Wildman–Crippen LogP) is 7.43. The number of rotatable bonds is 10. The number of fused-ring (bicyclic) bond motifs is 2. The van der Waals surface area contributed by atoms with E-state index >= 15 is 0 Å². The van der Waals surface area contributed by atoms with Gasteiger partial charge in [0, 0.05) is 52.9 Å². The van der Waals surface area contributed by atoms with E-state index in [-0.39, 0.29) is 11.8 Å². The molecule has 18 heteroatoms. The number of carboxylic acid groups (broad SMARTS) is 2. The number of alkyl halides is 6. The summed E-state index contributed by atoms with van der Waals surface area (Å²) >= 11 is 0. The van der Waals surface area contributed by atoms with Crippen molar-refractivity contribution in [1.82, 2.24) is 5.32 Å². The van der Waals surface area contributed by atoms with Crippen molar-refractivity contribution in [1.29, 1.82) is 5.41 Å². The van der Waals surface area contributed by atoms with Crippen LogP contribution in [0, 0.1) is 5.41 Å². The minimum absolute atomic E-state index is 0.0526. The molecule has 0 bridgehead atoms. The molecular weight excluding hydrogens is 740 g/mol. The number of amides is 2. The van der Waals surface area contributed by atoms with Gasteiger partial charge in [-0.1, -0.05) is 43.2 Å². The van der Waals surface area contributed by atoms with Crippen molar-refractivity contribution in [2.75, 3.05) is 23.3 Å². The molecule has 12 nitrogen and oxygen atoms in total. The number of unbranched alkanes of at least 4 members (excludes halogenated alkanes) is 3. The Morgan fingerprint density at radius 3 is 1.96 bits per heavy atom. The summed E-state index contributed by atoms with van der Waals surface area (Å²) in [5.41, 5.74) is 17.3. The van der Waals surface area contributed by atoms with Gasteiger partial charge < -0.3 is 42.1 Å². The van der Waals surface area contributed by atoms with Crippen LogP contribution in [0.25, 0.3) is 33.4 Å². The number of carbonyl (C=O) groups is 4. The van der Waals surface area contributed by atoms with Crippen molar-refractivity contribution in [3.63, 3.8) is 0 Å². The number of anilines is 3. The second-order valence-electron chi connectivity index (χ2n) is 11.7. The zero-order chi connectivity index (χ0) is 40.9. The van der Waals surface area contributed by atoms with E-state index < -0.39 is 24.3 Å². The summed E-state index contributed by atoms with van der Waals surface area (Å²) in [6.45, 7) is 0.532. The molecule has 1 heterocycles. The smallest absolute Gasteiger partial charge is 0.475 e. The zero-order valence-corrected chi connectivity index (χ0v) is 28.7. The lowest BCUT2D eigenvalue weighted by atomic mass is 9.90. The molecule has 0 saturated heterocycles. The lowest BCUT2D eigenvalue weighted by Crippen LogP contribution is -2.25. The van der Waals surface area contributed by atoms with Crippen molar-refractivity contribution < 1.29 is 60.2 Å². The Morgan fingerprint density at radius 1 is 0.727 bits per heavy atom. The Hall–Kier alpha value is -6.59. The standard InChI is InChI=1S/C33H33N5O3.2C2HF3O2/c34-21-14-16-25-29(19-21)41-30-20-22(35)15-17-26(30)32(25)23-9-4-5-10-24(23)33(40)37-18-8-2-1-3-13-31(39)38-28-12-7-6-11-27(28)36;2*3-2(4,5)1(6)7/h4-7,9-12,14-17,19-20,34H,1-3,8,13,18,35-36H2,(H,37,40)(H,38,39);2*(H,6,7). The highest BCUT2D eigenvalue weighted by Gasteiger charge is 2.39. The Labute approximate surface area is 308 Å². The lowest BCUT2D eigenvalue weighted by molar-refractivity contribution is -0.193. The van der Waals surface area contributed by atoms with E-state index in [1.807, 2.05) is 54.6 Å². The minimum Gasteiger partial charge on any atom is -0.475 e. The molecule has 2 aliphatic rings. The molecule has 292 valence electrons. The summed E-state index contributed by atoms with van der Waals surface area (Å²) in [5.74, 6) is -5.17. The van der Waals surface area contributed by atoms with E-state index in [1.54, 1.807) is 30.3 Å². The molecule has 1 aliphatic heterocycles. The number of hydrogen-bond donors (Lipinski definition) is 7. The van der Waals surface area contributed by atoms with E-state index in [4.69, 9.17) is 41.1 Å². The summed E-state index contributed by atoms with van der Waals surface area (Å²) < 4.78 is 69.6. The Morgan fingerprint density at radius 2 is 1.33 bits per heavy atom. The second-order valence-corrected chi connectivity index (χ2v) is 11.7. The molecule has 0 spiro atoms. The number of carboxylic acids is 2. The SMILES string of the molecule is N=c1ccc2c(-c3ccccc3C(=O)NCCCCCCC(=O)Nc3ccccc3N)c3ccc(N)cc3oc-2c1.O=C(O)C(F)(F)F.O=C(O)C(F)(F)F. The molecule has 1 aliphatic carbocycles. The van der Waals surface area contributed by atoms with Gasteiger partial charge >= 0.3 is 24.3 Å². The minimum atomic E-state index is -5.08. The van der Waals surface area contributed by atoms with Crippen LogP contribution in [0.1, 0.15) is 42.5 Å². The van der Waals surface area contributed by atoms with Crippen molar-refractivity contribution in [2.45, 2.75) is 44.5 Å². The number of aliphatic carboxylic acids is 2. The third kappa shape index (κ3) is 12.8. The summed E-state index contributed by atoms with van der Waals surface area (Å²) in [5, 5.41) is 29.4. The molecule has 9 N–H and O–H groups in total. The van der Waals surface area contributed by atoms with Gasteiger partial charge in [0.2, 0.25) is 5.91 Å². The van der Waals surface area contributed by atoms with E-state index in [2.05, 4.69) is 10.6 Å². The number of carbonyl (C=O) groups excluding carboxylic acids is 2. The van der Waals surface area contributed by atoms with Gasteiger partial charge in [0.05, 0.1) is 16.7 Å². The van der Waals surface area contributed by atoms with E-state index in [0.29, 0.717) is 52.3 Å². The first-order valence-electron chi connectivity index (χ1n) is 16.2. The molecule has 0 saturated carbocycles. The van der Waals surface area contributed by atoms with E-state index in [1.165, 1.54) is 0 Å². The maximum absolute atomic E-state index is 13.4. The lowest BCUT2D eigenvalue weighted by Gasteiger charge is -2.18. The van der Waals surface area contributed by atoms with Gasteiger partial charge in [-0.05, 0) is 60.9 Å². The quantitative estimate of drug-likeness (QED) is 0.0324. The maximum atomic E-state index is 13.4. The van der Waals surface area contributed by atoms with Gasteiger partial charge in [-0.25, -0.2) is 9.59 Å². The molecule has 2 amide bonds. The number of nitrogens with two attached hydrogens (primary N) is 2. The largest absolute Gasteiger partial charge is 0.490 e. The van der Waals surface area contributed by atoms with Crippen LogP contribution in [0.4, 0.5) is 43.4 Å². The maximum Gasteiger partial charge on any atom is 0.490 e. The normalized spacial score (nSPS) is 11.1. The number of nitrogens with one attached hydrogen (secondary N) is 3. The van der Waals surface area contributed by atoms with Gasteiger partial charge in [-0.3, -0.25) is 9.59 Å². The van der Waals surface area contributed by atoms with Gasteiger partial charge in [0.15, 0.2) is 0 Å². The average molecular weight is 776 g/mol. The van der Waals surface area contributed by atoms with Crippen LogP contribution in [0.3, 0.4) is 0 Å². The third-order valence-corrected chi connectivity index (χ3v) is 7.52. The van der Waals surface area contributed by atoms with Crippen LogP contribution in [-0.4, -0.2) is 52.9 Å². The first-order chi connectivity index (χ1) is 25.8. The number of hydrogen-bond acceptors (Lipinski definition) is 8. The van der Waals surface area contributed by atoms with Gasteiger partial charge in [-0.2, -0.15) is 26.3 Å². The molecule has 0 fully saturated rings. The molecular formula is C37H35F6N5O7. The molecule has 3 aromatic carbocycles. The fourth-order valence-electron chi connectivity index (χ4n) is 4.98. The highest BCUT2D eigenvalue weighted by Crippen LogP contribution is 2.41. The van der Waals surface area contributed by atoms with Crippen LogP contribution >= 0.6 is 0 Å². The van der Waals surface area contributed by atoms with Crippen molar-refractivity contribution in [2.24, 2.45) is 0 Å². The van der Waals surface area contributed by atoms with Crippen LogP contribution in [0.15, 0.2) is 89.3 Å². The summed E-state index contributed by atoms with van der Waals surface area (Å²) in [7, 11) is 0. The van der Waals surface area contributed by atoms with Crippen LogP contribution in [0.5, 0.6) is 0 Å². The van der Waals surface area contributed by atoms with Crippen LogP contribution in [-0.2, 0) is 14.4 Å².